The summed E-state index contributed by atoms with van der Waals surface area (Å²) in [4.78, 5) is 11.7. The van der Waals surface area contributed by atoms with E-state index in [0.717, 1.165) is 6.42 Å². The number of aromatic nitrogens is 2. The lowest BCUT2D eigenvalue weighted by Crippen LogP contribution is -2.21. The zero-order valence-electron chi connectivity index (χ0n) is 11.8. The van der Waals surface area contributed by atoms with E-state index in [1.54, 1.807) is 31.4 Å². The molecule has 5 nitrogen and oxygen atoms in total. The van der Waals surface area contributed by atoms with Gasteiger partial charge in [-0.1, -0.05) is 23.2 Å². The number of rotatable bonds is 6. The van der Waals surface area contributed by atoms with Gasteiger partial charge in [0.2, 0.25) is 0 Å². The molecule has 8 heteroatoms. The van der Waals surface area contributed by atoms with Gasteiger partial charge in [-0.25, -0.2) is 4.68 Å². The molecule has 0 aliphatic heterocycles. The maximum Gasteiger partial charge on any atom is 0.282 e. The van der Waals surface area contributed by atoms with Crippen LogP contribution >= 0.6 is 39.1 Å². The monoisotopic (exact) mass is 405 g/mol. The molecular weight excluding hydrogens is 393 g/mol. The summed E-state index contributed by atoms with van der Waals surface area (Å²) >= 11 is 15.1. The van der Waals surface area contributed by atoms with E-state index >= 15 is 0 Å². The highest BCUT2D eigenvalue weighted by atomic mass is 79.9. The van der Waals surface area contributed by atoms with Crippen LogP contribution in [0.15, 0.2) is 33.7 Å². The van der Waals surface area contributed by atoms with Crippen LogP contribution in [0.3, 0.4) is 0 Å². The highest BCUT2D eigenvalue weighted by molar-refractivity contribution is 9.10. The van der Waals surface area contributed by atoms with Gasteiger partial charge in [-0.05, 0) is 40.5 Å². The molecule has 1 aromatic carbocycles. The normalized spacial score (nSPS) is 10.5. The molecule has 0 saturated heterocycles. The number of aryl methyl sites for hydroxylation is 1. The van der Waals surface area contributed by atoms with Crippen LogP contribution in [-0.4, -0.2) is 22.9 Å². The van der Waals surface area contributed by atoms with Crippen molar-refractivity contribution in [3.63, 3.8) is 0 Å². The van der Waals surface area contributed by atoms with Gasteiger partial charge in [-0.2, -0.15) is 5.10 Å². The third kappa shape index (κ3) is 4.38. The summed E-state index contributed by atoms with van der Waals surface area (Å²) in [7, 11) is 1.60. The molecule has 0 bridgehead atoms. The van der Waals surface area contributed by atoms with Crippen LogP contribution in [0.25, 0.3) is 0 Å². The molecule has 0 spiro atoms. The Balaban J connectivity index is 1.80. The Bertz CT molecular complexity index is 722. The van der Waals surface area contributed by atoms with Crippen molar-refractivity contribution in [1.82, 2.24) is 9.78 Å². The third-order valence-electron chi connectivity index (χ3n) is 2.87. The van der Waals surface area contributed by atoms with Gasteiger partial charge in [-0.15, -0.1) is 0 Å². The van der Waals surface area contributed by atoms with Gasteiger partial charge in [0.25, 0.3) is 5.56 Å². The summed E-state index contributed by atoms with van der Waals surface area (Å²) < 4.78 is 7.31. The molecule has 1 N–H and O–H groups in total. The summed E-state index contributed by atoms with van der Waals surface area (Å²) in [5, 5.41) is 8.15. The van der Waals surface area contributed by atoms with Crippen molar-refractivity contribution < 1.29 is 4.74 Å². The fourth-order valence-electron chi connectivity index (χ4n) is 1.70. The van der Waals surface area contributed by atoms with Gasteiger partial charge >= 0.3 is 0 Å². The highest BCUT2D eigenvalue weighted by Crippen LogP contribution is 2.27. The number of ether oxygens (including phenoxy) is 1. The van der Waals surface area contributed by atoms with Crippen LogP contribution in [0.2, 0.25) is 10.0 Å². The molecule has 0 radical (unpaired) electrons. The van der Waals surface area contributed by atoms with Crippen LogP contribution in [0.1, 0.15) is 6.42 Å². The Labute approximate surface area is 146 Å². The molecule has 0 fully saturated rings. The zero-order chi connectivity index (χ0) is 16.1. The predicted molar refractivity (Wildman–Crippen MR) is 92.2 cm³/mol. The van der Waals surface area contributed by atoms with Gasteiger partial charge in [0.05, 0.1) is 23.5 Å². The lowest BCUT2D eigenvalue weighted by molar-refractivity contribution is 0.315. The average molecular weight is 407 g/mol. The summed E-state index contributed by atoms with van der Waals surface area (Å²) in [5.41, 5.74) is 0.474. The Hall–Kier alpha value is -1.24. The van der Waals surface area contributed by atoms with E-state index in [9.17, 15) is 4.79 Å². The fraction of sp³-hybridized carbons (Fsp3) is 0.286. The van der Waals surface area contributed by atoms with E-state index in [0.29, 0.717) is 39.1 Å². The van der Waals surface area contributed by atoms with Gasteiger partial charge in [0.1, 0.15) is 10.2 Å². The minimum Gasteiger partial charge on any atom is -0.492 e. The molecular formula is C14H14BrCl2N3O2. The van der Waals surface area contributed by atoms with Crippen LogP contribution in [0.4, 0.5) is 5.69 Å². The number of halogens is 3. The first-order valence-corrected chi connectivity index (χ1v) is 8.07. The van der Waals surface area contributed by atoms with Crippen molar-refractivity contribution in [1.29, 1.82) is 0 Å². The molecule has 1 heterocycles. The van der Waals surface area contributed by atoms with Crippen molar-refractivity contribution >= 4 is 44.8 Å². The number of anilines is 1. The smallest absolute Gasteiger partial charge is 0.282 e. The maximum atomic E-state index is 11.7. The second-order valence-corrected chi connectivity index (χ2v) is 6.14. The first kappa shape index (κ1) is 17.1. The Morgan fingerprint density at radius 1 is 1.41 bits per heavy atom. The van der Waals surface area contributed by atoms with Crippen molar-refractivity contribution in [2.75, 3.05) is 18.5 Å². The first-order chi connectivity index (χ1) is 10.5. The van der Waals surface area contributed by atoms with E-state index in [2.05, 4.69) is 26.3 Å². The topological polar surface area (TPSA) is 56.1 Å². The molecule has 0 aliphatic carbocycles. The molecule has 0 saturated carbocycles. The van der Waals surface area contributed by atoms with Crippen LogP contribution in [-0.2, 0) is 7.05 Å². The largest absolute Gasteiger partial charge is 0.492 e. The van der Waals surface area contributed by atoms with Crippen LogP contribution in [0.5, 0.6) is 5.75 Å². The van der Waals surface area contributed by atoms with Crippen molar-refractivity contribution in [3.05, 3.63) is 49.3 Å². The molecule has 0 atom stereocenters. The molecule has 118 valence electrons. The third-order valence-corrected chi connectivity index (χ3v) is 4.16. The standard InChI is InChI=1S/C14H14BrCl2N3O2/c1-20-14(21)13(15)11(8-19-20)18-5-2-6-22-12-4-3-9(16)7-10(12)17/h3-4,7-8,18H,2,5-6H2,1H3. The molecule has 1 aromatic heterocycles. The van der Waals surface area contributed by atoms with E-state index in [4.69, 9.17) is 27.9 Å². The van der Waals surface area contributed by atoms with Gasteiger partial charge < -0.3 is 10.1 Å². The van der Waals surface area contributed by atoms with Crippen molar-refractivity contribution in [3.8, 4) is 5.75 Å². The van der Waals surface area contributed by atoms with Crippen molar-refractivity contribution in [2.45, 2.75) is 6.42 Å². The Morgan fingerprint density at radius 2 is 2.18 bits per heavy atom. The summed E-state index contributed by atoms with van der Waals surface area (Å²) in [5.74, 6) is 0.600. The zero-order valence-corrected chi connectivity index (χ0v) is 14.9. The Morgan fingerprint density at radius 3 is 2.91 bits per heavy atom. The highest BCUT2D eigenvalue weighted by Gasteiger charge is 2.06. The van der Waals surface area contributed by atoms with E-state index in [1.165, 1.54) is 4.68 Å². The summed E-state index contributed by atoms with van der Waals surface area (Å²) in [6, 6.07) is 5.10. The minimum atomic E-state index is -0.186. The summed E-state index contributed by atoms with van der Waals surface area (Å²) in [6.45, 7) is 1.13. The molecule has 0 unspecified atom stereocenters. The number of hydrogen-bond donors (Lipinski definition) is 1. The molecule has 2 aromatic rings. The van der Waals surface area contributed by atoms with E-state index in [-0.39, 0.29) is 5.56 Å². The van der Waals surface area contributed by atoms with E-state index in [1.807, 2.05) is 0 Å². The van der Waals surface area contributed by atoms with Gasteiger partial charge in [-0.3, -0.25) is 4.79 Å². The van der Waals surface area contributed by atoms with Crippen molar-refractivity contribution in [2.24, 2.45) is 7.05 Å². The van der Waals surface area contributed by atoms with Crippen LogP contribution in [0, 0.1) is 0 Å². The molecule has 2 rings (SSSR count). The maximum absolute atomic E-state index is 11.7. The number of benzene rings is 1. The molecule has 0 aliphatic rings. The summed E-state index contributed by atoms with van der Waals surface area (Å²) in [6.07, 6.45) is 2.34. The predicted octanol–water partition coefficient (Wildman–Crippen LogP) is 3.73. The van der Waals surface area contributed by atoms with Gasteiger partial charge in [0, 0.05) is 18.6 Å². The van der Waals surface area contributed by atoms with Crippen LogP contribution < -0.4 is 15.6 Å². The average Bonchev–Trinajstić information content (AvgIpc) is 2.48. The lowest BCUT2D eigenvalue weighted by atomic mass is 10.3. The molecule has 22 heavy (non-hydrogen) atoms. The second-order valence-electron chi connectivity index (χ2n) is 4.50. The number of hydrogen-bond acceptors (Lipinski definition) is 4. The van der Waals surface area contributed by atoms with Gasteiger partial charge in [0.15, 0.2) is 0 Å². The lowest BCUT2D eigenvalue weighted by Gasteiger charge is -2.10. The second kappa shape index (κ2) is 7.85. The number of nitrogens with zero attached hydrogens (tertiary/aromatic N) is 2. The number of nitrogens with one attached hydrogen (secondary N) is 1. The Kier molecular flexibility index (Phi) is 6.11. The van der Waals surface area contributed by atoms with E-state index < -0.39 is 0 Å². The quantitative estimate of drug-likeness (QED) is 0.742. The SMILES string of the molecule is Cn1ncc(NCCCOc2ccc(Cl)cc2Cl)c(Br)c1=O. The first-order valence-electron chi connectivity index (χ1n) is 6.52. The minimum absolute atomic E-state index is 0.186. The molecule has 0 amide bonds. The fourth-order valence-corrected chi connectivity index (χ4v) is 2.67.